The number of hydrogen-bond acceptors (Lipinski definition) is 2. The minimum atomic E-state index is 0.335. The summed E-state index contributed by atoms with van der Waals surface area (Å²) < 4.78 is 0. The van der Waals surface area contributed by atoms with Gasteiger partial charge in [0.05, 0.1) is 6.04 Å². The summed E-state index contributed by atoms with van der Waals surface area (Å²) in [5.74, 6) is 0. The molecule has 1 aliphatic rings. The SMILES string of the molecule is Clc1ccc(C2CC=NN2)cc1. The Bertz CT molecular complexity index is 284. The van der Waals surface area contributed by atoms with Crippen molar-refractivity contribution in [2.75, 3.05) is 0 Å². The van der Waals surface area contributed by atoms with E-state index in [-0.39, 0.29) is 0 Å². The third-order valence-electron chi connectivity index (χ3n) is 1.94. The van der Waals surface area contributed by atoms with E-state index >= 15 is 0 Å². The van der Waals surface area contributed by atoms with E-state index in [1.54, 1.807) is 0 Å². The lowest BCUT2D eigenvalue weighted by Gasteiger charge is -2.08. The van der Waals surface area contributed by atoms with Crippen molar-refractivity contribution in [3.63, 3.8) is 0 Å². The highest BCUT2D eigenvalue weighted by Gasteiger charge is 2.11. The highest BCUT2D eigenvalue weighted by molar-refractivity contribution is 6.30. The minimum absolute atomic E-state index is 0.335. The number of hydrazone groups is 1. The van der Waals surface area contributed by atoms with Gasteiger partial charge in [0.2, 0.25) is 0 Å². The van der Waals surface area contributed by atoms with E-state index in [0.717, 1.165) is 11.4 Å². The van der Waals surface area contributed by atoms with E-state index in [9.17, 15) is 0 Å². The molecule has 62 valence electrons. The molecule has 1 aliphatic heterocycles. The second-order valence-corrected chi connectivity index (χ2v) is 3.22. The first-order valence-electron chi connectivity index (χ1n) is 3.89. The third kappa shape index (κ3) is 1.43. The predicted molar refractivity (Wildman–Crippen MR) is 50.4 cm³/mol. The molecule has 0 bridgehead atoms. The summed E-state index contributed by atoms with van der Waals surface area (Å²) in [5.41, 5.74) is 4.25. The van der Waals surface area contributed by atoms with Gasteiger partial charge in [-0.1, -0.05) is 23.7 Å². The van der Waals surface area contributed by atoms with Crippen molar-refractivity contribution < 1.29 is 0 Å². The Balaban J connectivity index is 2.18. The summed E-state index contributed by atoms with van der Waals surface area (Å²) in [4.78, 5) is 0. The smallest absolute Gasteiger partial charge is 0.0739 e. The molecule has 12 heavy (non-hydrogen) atoms. The van der Waals surface area contributed by atoms with E-state index < -0.39 is 0 Å². The van der Waals surface area contributed by atoms with Crippen LogP contribution in [0.2, 0.25) is 5.02 Å². The third-order valence-corrected chi connectivity index (χ3v) is 2.19. The van der Waals surface area contributed by atoms with Gasteiger partial charge < -0.3 is 5.43 Å². The van der Waals surface area contributed by atoms with Crippen LogP contribution < -0.4 is 5.43 Å². The Hall–Kier alpha value is -1.02. The molecule has 0 aromatic heterocycles. The maximum absolute atomic E-state index is 5.77. The molecule has 3 heteroatoms. The number of rotatable bonds is 1. The number of nitrogens with one attached hydrogen (secondary N) is 1. The molecular formula is C9H9ClN2. The van der Waals surface area contributed by atoms with E-state index in [1.165, 1.54) is 5.56 Å². The van der Waals surface area contributed by atoms with Gasteiger partial charge in [-0.2, -0.15) is 5.10 Å². The fraction of sp³-hybridized carbons (Fsp3) is 0.222. The Morgan fingerprint density at radius 1 is 1.33 bits per heavy atom. The summed E-state index contributed by atoms with van der Waals surface area (Å²) in [7, 11) is 0. The molecule has 0 fully saturated rings. The molecule has 1 heterocycles. The Labute approximate surface area is 76.2 Å². The van der Waals surface area contributed by atoms with Crippen molar-refractivity contribution in [3.8, 4) is 0 Å². The van der Waals surface area contributed by atoms with Gasteiger partial charge in [0.15, 0.2) is 0 Å². The van der Waals surface area contributed by atoms with Gasteiger partial charge in [-0.15, -0.1) is 0 Å². The topological polar surface area (TPSA) is 24.4 Å². The van der Waals surface area contributed by atoms with Crippen LogP contribution in [0.1, 0.15) is 18.0 Å². The van der Waals surface area contributed by atoms with Crippen molar-refractivity contribution in [2.24, 2.45) is 5.10 Å². The highest BCUT2D eigenvalue weighted by atomic mass is 35.5. The van der Waals surface area contributed by atoms with Crippen LogP contribution in [-0.2, 0) is 0 Å². The van der Waals surface area contributed by atoms with Crippen LogP contribution in [0.5, 0.6) is 0 Å². The quantitative estimate of drug-likeness (QED) is 0.705. The van der Waals surface area contributed by atoms with Crippen LogP contribution in [-0.4, -0.2) is 6.21 Å². The summed E-state index contributed by atoms with van der Waals surface area (Å²) >= 11 is 5.77. The van der Waals surface area contributed by atoms with Crippen LogP contribution in [0, 0.1) is 0 Å². The van der Waals surface area contributed by atoms with E-state index in [0.29, 0.717) is 6.04 Å². The van der Waals surface area contributed by atoms with E-state index in [1.807, 2.05) is 30.5 Å². The van der Waals surface area contributed by atoms with Crippen molar-refractivity contribution in [1.82, 2.24) is 5.43 Å². The van der Waals surface area contributed by atoms with Gasteiger partial charge in [-0.3, -0.25) is 0 Å². The maximum Gasteiger partial charge on any atom is 0.0739 e. The molecule has 0 amide bonds. The van der Waals surface area contributed by atoms with Gasteiger partial charge in [-0.25, -0.2) is 0 Å². The van der Waals surface area contributed by atoms with Gasteiger partial charge in [-0.05, 0) is 17.7 Å². The second kappa shape index (κ2) is 3.15. The van der Waals surface area contributed by atoms with Crippen LogP contribution >= 0.6 is 11.6 Å². The lowest BCUT2D eigenvalue weighted by molar-refractivity contribution is 0.620. The Morgan fingerprint density at radius 3 is 2.67 bits per heavy atom. The van der Waals surface area contributed by atoms with Crippen molar-refractivity contribution in [2.45, 2.75) is 12.5 Å². The van der Waals surface area contributed by atoms with Crippen LogP contribution in [0.25, 0.3) is 0 Å². The maximum atomic E-state index is 5.77. The van der Waals surface area contributed by atoms with Crippen molar-refractivity contribution in [3.05, 3.63) is 34.9 Å². The number of nitrogens with zero attached hydrogens (tertiary/aromatic N) is 1. The molecule has 0 saturated heterocycles. The zero-order chi connectivity index (χ0) is 8.39. The predicted octanol–water partition coefficient (Wildman–Crippen LogP) is 2.36. The monoisotopic (exact) mass is 180 g/mol. The normalized spacial score (nSPS) is 20.9. The second-order valence-electron chi connectivity index (χ2n) is 2.78. The average Bonchev–Trinajstić information content (AvgIpc) is 2.58. The van der Waals surface area contributed by atoms with Crippen molar-refractivity contribution in [1.29, 1.82) is 0 Å². The summed E-state index contributed by atoms with van der Waals surface area (Å²) in [6, 6.07) is 8.18. The zero-order valence-electron chi connectivity index (χ0n) is 6.50. The lowest BCUT2D eigenvalue weighted by Crippen LogP contribution is -2.08. The molecule has 1 aromatic rings. The molecular weight excluding hydrogens is 172 g/mol. The number of benzene rings is 1. The van der Waals surface area contributed by atoms with Crippen LogP contribution in [0.4, 0.5) is 0 Å². The van der Waals surface area contributed by atoms with Gasteiger partial charge >= 0.3 is 0 Å². The van der Waals surface area contributed by atoms with E-state index in [2.05, 4.69) is 10.5 Å². The zero-order valence-corrected chi connectivity index (χ0v) is 7.25. The van der Waals surface area contributed by atoms with Gasteiger partial charge in [0.1, 0.15) is 0 Å². The fourth-order valence-corrected chi connectivity index (χ4v) is 1.39. The molecule has 1 aromatic carbocycles. The van der Waals surface area contributed by atoms with Crippen LogP contribution in [0.15, 0.2) is 29.4 Å². The van der Waals surface area contributed by atoms with Gasteiger partial charge in [0, 0.05) is 17.7 Å². The van der Waals surface area contributed by atoms with Crippen LogP contribution in [0.3, 0.4) is 0 Å². The van der Waals surface area contributed by atoms with Crippen molar-refractivity contribution >= 4 is 17.8 Å². The summed E-state index contributed by atoms with van der Waals surface area (Å²) in [6.45, 7) is 0. The molecule has 0 saturated carbocycles. The standard InChI is InChI=1S/C9H9ClN2/c10-8-3-1-7(2-4-8)9-5-6-11-12-9/h1-4,6,9,12H,5H2. The molecule has 0 spiro atoms. The minimum Gasteiger partial charge on any atom is -0.303 e. The largest absolute Gasteiger partial charge is 0.303 e. The molecule has 2 rings (SSSR count). The number of hydrogen-bond donors (Lipinski definition) is 1. The highest BCUT2D eigenvalue weighted by Crippen LogP contribution is 2.20. The van der Waals surface area contributed by atoms with E-state index in [4.69, 9.17) is 11.6 Å². The Morgan fingerprint density at radius 2 is 2.08 bits per heavy atom. The molecule has 0 aliphatic carbocycles. The number of halogens is 1. The molecule has 1 atom stereocenters. The molecule has 2 nitrogen and oxygen atoms in total. The summed E-state index contributed by atoms with van der Waals surface area (Å²) in [5, 5.41) is 4.73. The molecule has 0 radical (unpaired) electrons. The molecule has 1 unspecified atom stereocenters. The molecule has 1 N–H and O–H groups in total. The fourth-order valence-electron chi connectivity index (χ4n) is 1.26. The first kappa shape index (κ1) is 7.62. The average molecular weight is 181 g/mol. The first-order chi connectivity index (χ1) is 5.86. The lowest BCUT2D eigenvalue weighted by atomic mass is 10.1. The van der Waals surface area contributed by atoms with Gasteiger partial charge in [0.25, 0.3) is 0 Å². The first-order valence-corrected chi connectivity index (χ1v) is 4.26. The Kier molecular flexibility index (Phi) is 2.00. The summed E-state index contributed by atoms with van der Waals surface area (Å²) in [6.07, 6.45) is 2.85.